The van der Waals surface area contributed by atoms with Gasteiger partial charge in [-0.1, -0.05) is 68.2 Å². The molecule has 2 heteroatoms. The van der Waals surface area contributed by atoms with Gasteiger partial charge in [0.05, 0.1) is 13.8 Å². The van der Waals surface area contributed by atoms with Crippen LogP contribution < -0.4 is 5.19 Å². The van der Waals surface area contributed by atoms with Gasteiger partial charge in [0.2, 0.25) is 0 Å². The molecule has 0 atom stereocenters. The molecule has 0 unspecified atom stereocenters. The van der Waals surface area contributed by atoms with E-state index in [1.165, 1.54) is 38.6 Å². The molecule has 0 saturated carbocycles. The first kappa shape index (κ1) is 17.6. The van der Waals surface area contributed by atoms with Crippen molar-refractivity contribution in [2.24, 2.45) is 0 Å². The van der Waals surface area contributed by atoms with Gasteiger partial charge in [-0.25, -0.2) is 0 Å². The number of pyridine rings is 1. The van der Waals surface area contributed by atoms with Crippen molar-refractivity contribution in [2.75, 3.05) is 0 Å². The van der Waals surface area contributed by atoms with E-state index in [-0.39, 0.29) is 0 Å². The van der Waals surface area contributed by atoms with Crippen LogP contribution in [0.3, 0.4) is 0 Å². The van der Waals surface area contributed by atoms with E-state index < -0.39 is 8.07 Å². The van der Waals surface area contributed by atoms with Crippen molar-refractivity contribution in [2.45, 2.75) is 40.4 Å². The van der Waals surface area contributed by atoms with Crippen LogP contribution in [0.15, 0.2) is 54.7 Å². The molecule has 3 aromatic rings. The first-order valence-corrected chi connectivity index (χ1v) is 12.4. The molecule has 0 aliphatic carbocycles. The highest BCUT2D eigenvalue weighted by atomic mass is 28.3. The predicted molar refractivity (Wildman–Crippen MR) is 112 cm³/mol. The second-order valence-corrected chi connectivity index (χ2v) is 12.9. The Morgan fingerprint density at radius 3 is 1.88 bits per heavy atom. The maximum atomic E-state index is 4.90. The minimum atomic E-state index is -1.52. The second-order valence-electron chi connectivity index (χ2n) is 7.90. The molecular formula is C23H27NSi. The van der Waals surface area contributed by atoms with Crippen molar-refractivity contribution < 1.29 is 0 Å². The lowest BCUT2D eigenvalue weighted by Gasteiger charge is -2.26. The van der Waals surface area contributed by atoms with Crippen LogP contribution in [0.4, 0.5) is 0 Å². The molecule has 25 heavy (non-hydrogen) atoms. The normalized spacial score (nSPS) is 11.6. The molecule has 2 aromatic carbocycles. The summed E-state index contributed by atoms with van der Waals surface area (Å²) >= 11 is 0. The lowest BCUT2D eigenvalue weighted by molar-refractivity contribution is 1.27. The quantitative estimate of drug-likeness (QED) is 0.540. The van der Waals surface area contributed by atoms with Crippen LogP contribution in [0.5, 0.6) is 0 Å². The number of hydrogen-bond acceptors (Lipinski definition) is 1. The van der Waals surface area contributed by atoms with Gasteiger partial charge in [0.25, 0.3) is 0 Å². The SMILES string of the molecule is Cc1cccc(C)c1-c1c([Si](C)(C)C)cnc(-c2ccccc2)c1C. The average Bonchev–Trinajstić information content (AvgIpc) is 2.55. The Morgan fingerprint density at radius 1 is 0.720 bits per heavy atom. The van der Waals surface area contributed by atoms with Crippen LogP contribution in [-0.4, -0.2) is 13.1 Å². The summed E-state index contributed by atoms with van der Waals surface area (Å²) in [5, 5.41) is 1.45. The maximum absolute atomic E-state index is 4.90. The fourth-order valence-electron chi connectivity index (χ4n) is 3.60. The lowest BCUT2D eigenvalue weighted by atomic mass is 9.91. The van der Waals surface area contributed by atoms with E-state index in [0.29, 0.717) is 0 Å². The number of rotatable bonds is 3. The number of benzene rings is 2. The molecule has 0 fully saturated rings. The molecule has 0 spiro atoms. The fraction of sp³-hybridized carbons (Fsp3) is 0.261. The highest BCUT2D eigenvalue weighted by Gasteiger charge is 2.26. The molecule has 1 aromatic heterocycles. The van der Waals surface area contributed by atoms with E-state index >= 15 is 0 Å². The van der Waals surface area contributed by atoms with E-state index in [0.717, 1.165) is 5.69 Å². The smallest absolute Gasteiger partial charge is 0.0804 e. The third kappa shape index (κ3) is 3.31. The molecule has 0 amide bonds. The fourth-order valence-corrected chi connectivity index (χ4v) is 5.11. The van der Waals surface area contributed by atoms with Crippen molar-refractivity contribution in [3.8, 4) is 22.4 Å². The van der Waals surface area contributed by atoms with Crippen LogP contribution in [-0.2, 0) is 0 Å². The molecule has 128 valence electrons. The lowest BCUT2D eigenvalue weighted by Crippen LogP contribution is -2.40. The van der Waals surface area contributed by atoms with E-state index in [1.54, 1.807) is 0 Å². The van der Waals surface area contributed by atoms with Crippen molar-refractivity contribution in [1.29, 1.82) is 0 Å². The van der Waals surface area contributed by atoms with Crippen LogP contribution in [0.2, 0.25) is 19.6 Å². The van der Waals surface area contributed by atoms with Crippen LogP contribution in [0.1, 0.15) is 16.7 Å². The predicted octanol–water partition coefficient (Wildman–Crippen LogP) is 5.89. The van der Waals surface area contributed by atoms with E-state index in [9.17, 15) is 0 Å². The van der Waals surface area contributed by atoms with Crippen LogP contribution >= 0.6 is 0 Å². The number of aromatic nitrogens is 1. The summed E-state index contributed by atoms with van der Waals surface area (Å²) in [4.78, 5) is 4.90. The molecule has 0 radical (unpaired) electrons. The Hall–Kier alpha value is -2.19. The minimum absolute atomic E-state index is 1.10. The van der Waals surface area contributed by atoms with Gasteiger partial charge in [0, 0.05) is 11.8 Å². The van der Waals surface area contributed by atoms with Gasteiger partial charge in [-0.3, -0.25) is 4.98 Å². The number of aryl methyl sites for hydroxylation is 2. The topological polar surface area (TPSA) is 12.9 Å². The molecule has 1 nitrogen and oxygen atoms in total. The molecule has 1 heterocycles. The Labute approximate surface area is 152 Å². The third-order valence-corrected chi connectivity index (χ3v) is 6.90. The molecular weight excluding hydrogens is 318 g/mol. The van der Waals surface area contributed by atoms with Crippen LogP contribution in [0, 0.1) is 20.8 Å². The van der Waals surface area contributed by atoms with Crippen molar-refractivity contribution >= 4 is 13.3 Å². The third-order valence-electron chi connectivity index (χ3n) is 4.91. The molecule has 0 N–H and O–H groups in total. The van der Waals surface area contributed by atoms with Gasteiger partial charge in [-0.15, -0.1) is 0 Å². The molecule has 0 bridgehead atoms. The highest BCUT2D eigenvalue weighted by molar-refractivity contribution is 6.89. The first-order valence-electron chi connectivity index (χ1n) is 8.93. The van der Waals surface area contributed by atoms with Gasteiger partial charge in [-0.2, -0.15) is 0 Å². The van der Waals surface area contributed by atoms with E-state index in [4.69, 9.17) is 4.98 Å². The summed E-state index contributed by atoms with van der Waals surface area (Å²) in [6.07, 6.45) is 2.14. The zero-order valence-corrected chi connectivity index (χ0v) is 17.1. The Balaban J connectivity index is 2.38. The molecule has 0 aliphatic heterocycles. The number of nitrogens with zero attached hydrogens (tertiary/aromatic N) is 1. The monoisotopic (exact) mass is 345 g/mol. The highest BCUT2D eigenvalue weighted by Crippen LogP contribution is 2.34. The molecule has 0 aliphatic rings. The van der Waals surface area contributed by atoms with Gasteiger partial charge in [0.15, 0.2) is 0 Å². The minimum Gasteiger partial charge on any atom is -0.256 e. The van der Waals surface area contributed by atoms with Gasteiger partial charge < -0.3 is 0 Å². The largest absolute Gasteiger partial charge is 0.256 e. The van der Waals surface area contributed by atoms with Gasteiger partial charge in [0.1, 0.15) is 0 Å². The van der Waals surface area contributed by atoms with E-state index in [1.807, 2.05) is 0 Å². The zero-order chi connectivity index (χ0) is 18.2. The molecule has 0 saturated heterocycles. The summed E-state index contributed by atoms with van der Waals surface area (Å²) < 4.78 is 0. The van der Waals surface area contributed by atoms with Crippen molar-refractivity contribution in [3.63, 3.8) is 0 Å². The second kappa shape index (κ2) is 6.60. The Kier molecular flexibility index (Phi) is 4.66. The summed E-state index contributed by atoms with van der Waals surface area (Å²) in [5.41, 5.74) is 9.06. The van der Waals surface area contributed by atoms with E-state index in [2.05, 4.69) is 95.1 Å². The van der Waals surface area contributed by atoms with Crippen molar-refractivity contribution in [1.82, 2.24) is 4.98 Å². The van der Waals surface area contributed by atoms with Gasteiger partial charge in [-0.05, 0) is 53.8 Å². The summed E-state index contributed by atoms with van der Waals surface area (Å²) in [6.45, 7) is 13.9. The summed E-state index contributed by atoms with van der Waals surface area (Å²) in [6, 6.07) is 17.1. The van der Waals surface area contributed by atoms with Crippen LogP contribution in [0.25, 0.3) is 22.4 Å². The maximum Gasteiger partial charge on any atom is 0.0804 e. The van der Waals surface area contributed by atoms with Crippen molar-refractivity contribution in [3.05, 3.63) is 71.4 Å². The van der Waals surface area contributed by atoms with Gasteiger partial charge >= 0.3 is 0 Å². The molecule has 3 rings (SSSR count). The Morgan fingerprint density at radius 2 is 1.32 bits per heavy atom. The average molecular weight is 346 g/mol. The number of hydrogen-bond donors (Lipinski definition) is 0. The zero-order valence-electron chi connectivity index (χ0n) is 16.1. The standard InChI is InChI=1S/C23H27NSi/c1-16-11-10-12-17(2)21(16)22-18(3)23(19-13-8-7-9-14-19)24-15-20(22)25(4,5)6/h7-15H,1-6H3. The Bertz CT molecular complexity index is 885. The summed E-state index contributed by atoms with van der Waals surface area (Å²) in [7, 11) is -1.52. The first-order chi connectivity index (χ1) is 11.8. The summed E-state index contributed by atoms with van der Waals surface area (Å²) in [5.74, 6) is 0.